The smallest absolute Gasteiger partial charge is 0.0771 e. The van der Waals surface area contributed by atoms with Crippen LogP contribution >= 0.6 is 0 Å². The van der Waals surface area contributed by atoms with Gasteiger partial charge < -0.3 is 15.7 Å². The minimum absolute atomic E-state index is 0.415. The largest absolute Gasteiger partial charge is 0.389 e. The summed E-state index contributed by atoms with van der Waals surface area (Å²) < 4.78 is 0. The molecule has 1 saturated heterocycles. The Morgan fingerprint density at radius 3 is 2.31 bits per heavy atom. The third-order valence-electron chi connectivity index (χ3n) is 4.09. The summed E-state index contributed by atoms with van der Waals surface area (Å²) in [5.41, 5.74) is -0.415. The van der Waals surface area contributed by atoms with E-state index in [0.29, 0.717) is 6.04 Å². The van der Waals surface area contributed by atoms with Crippen molar-refractivity contribution < 1.29 is 5.11 Å². The maximum absolute atomic E-state index is 10.5. The van der Waals surface area contributed by atoms with Gasteiger partial charge in [-0.3, -0.25) is 0 Å². The van der Waals surface area contributed by atoms with Gasteiger partial charge in [-0.1, -0.05) is 25.7 Å². The topological polar surface area (TPSA) is 44.3 Å². The van der Waals surface area contributed by atoms with E-state index in [1.807, 2.05) is 0 Å². The standard InChI is InChI=1S/C13H26N2O/c16-13(7-3-1-2-4-8-13)11-15-12-5-9-14-10-6-12/h12,14-16H,1-11H2. The van der Waals surface area contributed by atoms with Crippen molar-refractivity contribution in [2.24, 2.45) is 0 Å². The number of hydrogen-bond donors (Lipinski definition) is 3. The summed E-state index contributed by atoms with van der Waals surface area (Å²) in [4.78, 5) is 0. The maximum atomic E-state index is 10.5. The highest BCUT2D eigenvalue weighted by molar-refractivity contribution is 4.85. The highest BCUT2D eigenvalue weighted by Crippen LogP contribution is 2.26. The first kappa shape index (κ1) is 12.3. The number of rotatable bonds is 3. The second-order valence-corrected chi connectivity index (χ2v) is 5.54. The monoisotopic (exact) mass is 226 g/mol. The Kier molecular flexibility index (Phi) is 4.62. The van der Waals surface area contributed by atoms with E-state index < -0.39 is 5.60 Å². The summed E-state index contributed by atoms with van der Waals surface area (Å²) in [6, 6.07) is 0.619. The minimum Gasteiger partial charge on any atom is -0.389 e. The van der Waals surface area contributed by atoms with Crippen molar-refractivity contribution in [3.05, 3.63) is 0 Å². The van der Waals surface area contributed by atoms with Gasteiger partial charge in [-0.05, 0) is 38.8 Å². The average Bonchev–Trinajstić information content (AvgIpc) is 2.54. The van der Waals surface area contributed by atoms with Crippen LogP contribution in [-0.2, 0) is 0 Å². The second-order valence-electron chi connectivity index (χ2n) is 5.54. The van der Waals surface area contributed by atoms with Gasteiger partial charge in [-0.15, -0.1) is 0 Å². The molecule has 0 radical (unpaired) electrons. The predicted molar refractivity (Wildman–Crippen MR) is 66.5 cm³/mol. The molecular formula is C13H26N2O. The van der Waals surface area contributed by atoms with Crippen LogP contribution in [0.1, 0.15) is 51.4 Å². The molecule has 3 heteroatoms. The zero-order chi connectivity index (χ0) is 11.3. The number of piperidine rings is 1. The van der Waals surface area contributed by atoms with Crippen LogP contribution in [0, 0.1) is 0 Å². The summed E-state index contributed by atoms with van der Waals surface area (Å²) in [6.07, 6.45) is 9.39. The van der Waals surface area contributed by atoms with E-state index in [1.165, 1.54) is 38.5 Å². The van der Waals surface area contributed by atoms with Crippen LogP contribution in [0.2, 0.25) is 0 Å². The predicted octanol–water partition coefficient (Wildman–Crippen LogP) is 1.41. The molecule has 1 heterocycles. The van der Waals surface area contributed by atoms with Crippen molar-refractivity contribution in [2.75, 3.05) is 19.6 Å². The van der Waals surface area contributed by atoms with Crippen molar-refractivity contribution >= 4 is 0 Å². The minimum atomic E-state index is -0.415. The van der Waals surface area contributed by atoms with Gasteiger partial charge in [-0.2, -0.15) is 0 Å². The van der Waals surface area contributed by atoms with Crippen LogP contribution in [0.4, 0.5) is 0 Å². The molecule has 1 aliphatic heterocycles. The van der Waals surface area contributed by atoms with Gasteiger partial charge in [0.05, 0.1) is 5.60 Å². The molecule has 0 spiro atoms. The Morgan fingerprint density at radius 2 is 1.69 bits per heavy atom. The Morgan fingerprint density at radius 1 is 1.06 bits per heavy atom. The molecule has 3 N–H and O–H groups in total. The molecule has 0 atom stereocenters. The molecule has 3 nitrogen and oxygen atoms in total. The van der Waals surface area contributed by atoms with Gasteiger partial charge in [-0.25, -0.2) is 0 Å². The molecule has 0 aromatic rings. The second kappa shape index (κ2) is 5.99. The Bertz CT molecular complexity index is 194. The van der Waals surface area contributed by atoms with E-state index in [9.17, 15) is 5.11 Å². The number of hydrogen-bond acceptors (Lipinski definition) is 3. The highest BCUT2D eigenvalue weighted by Gasteiger charge is 2.28. The van der Waals surface area contributed by atoms with E-state index in [4.69, 9.17) is 0 Å². The molecule has 2 aliphatic rings. The molecule has 2 fully saturated rings. The van der Waals surface area contributed by atoms with Crippen LogP contribution in [-0.4, -0.2) is 36.4 Å². The molecule has 0 bridgehead atoms. The van der Waals surface area contributed by atoms with Gasteiger partial charge in [0.2, 0.25) is 0 Å². The Labute approximate surface area is 99.0 Å². The van der Waals surface area contributed by atoms with Crippen molar-refractivity contribution in [3.8, 4) is 0 Å². The van der Waals surface area contributed by atoms with E-state index in [0.717, 1.165) is 32.5 Å². The van der Waals surface area contributed by atoms with E-state index >= 15 is 0 Å². The lowest BCUT2D eigenvalue weighted by Gasteiger charge is -2.31. The summed E-state index contributed by atoms with van der Waals surface area (Å²) in [7, 11) is 0. The average molecular weight is 226 g/mol. The highest BCUT2D eigenvalue weighted by atomic mass is 16.3. The van der Waals surface area contributed by atoms with E-state index in [-0.39, 0.29) is 0 Å². The van der Waals surface area contributed by atoms with Gasteiger partial charge in [0, 0.05) is 12.6 Å². The summed E-state index contributed by atoms with van der Waals surface area (Å²) >= 11 is 0. The Hall–Kier alpha value is -0.120. The normalized spacial score (nSPS) is 27.6. The maximum Gasteiger partial charge on any atom is 0.0771 e. The van der Waals surface area contributed by atoms with E-state index in [2.05, 4.69) is 10.6 Å². The molecule has 1 saturated carbocycles. The van der Waals surface area contributed by atoms with Crippen LogP contribution in [0.3, 0.4) is 0 Å². The molecule has 1 aliphatic carbocycles. The first-order chi connectivity index (χ1) is 7.79. The number of aliphatic hydroxyl groups is 1. The van der Waals surface area contributed by atoms with E-state index in [1.54, 1.807) is 0 Å². The third kappa shape index (κ3) is 3.72. The van der Waals surface area contributed by atoms with Crippen LogP contribution in [0.15, 0.2) is 0 Å². The molecule has 0 aromatic heterocycles. The van der Waals surface area contributed by atoms with Crippen LogP contribution in [0.25, 0.3) is 0 Å². The SMILES string of the molecule is OC1(CNC2CCNCC2)CCCCCC1. The van der Waals surface area contributed by atoms with Crippen molar-refractivity contribution in [2.45, 2.75) is 63.0 Å². The van der Waals surface area contributed by atoms with Crippen molar-refractivity contribution in [1.82, 2.24) is 10.6 Å². The molecule has 0 unspecified atom stereocenters. The lowest BCUT2D eigenvalue weighted by Crippen LogP contribution is -2.47. The number of nitrogens with one attached hydrogen (secondary N) is 2. The lowest BCUT2D eigenvalue weighted by molar-refractivity contribution is 0.0218. The van der Waals surface area contributed by atoms with Crippen LogP contribution in [0.5, 0.6) is 0 Å². The van der Waals surface area contributed by atoms with Gasteiger partial charge in [0.25, 0.3) is 0 Å². The third-order valence-corrected chi connectivity index (χ3v) is 4.09. The lowest BCUT2D eigenvalue weighted by atomic mass is 9.93. The first-order valence-electron chi connectivity index (χ1n) is 6.95. The Balaban J connectivity index is 1.73. The fourth-order valence-corrected chi connectivity index (χ4v) is 2.92. The van der Waals surface area contributed by atoms with Crippen molar-refractivity contribution in [1.29, 1.82) is 0 Å². The summed E-state index contributed by atoms with van der Waals surface area (Å²) in [6.45, 7) is 3.05. The fraction of sp³-hybridized carbons (Fsp3) is 1.00. The van der Waals surface area contributed by atoms with Gasteiger partial charge in [0.15, 0.2) is 0 Å². The molecule has 2 rings (SSSR count). The summed E-state index contributed by atoms with van der Waals surface area (Å²) in [5, 5.41) is 17.4. The van der Waals surface area contributed by atoms with Crippen molar-refractivity contribution in [3.63, 3.8) is 0 Å². The molecule has 94 valence electrons. The molecule has 16 heavy (non-hydrogen) atoms. The summed E-state index contributed by atoms with van der Waals surface area (Å²) in [5.74, 6) is 0. The molecule has 0 amide bonds. The molecule has 0 aromatic carbocycles. The van der Waals surface area contributed by atoms with Gasteiger partial charge >= 0.3 is 0 Å². The van der Waals surface area contributed by atoms with Crippen LogP contribution < -0.4 is 10.6 Å². The zero-order valence-electron chi connectivity index (χ0n) is 10.3. The first-order valence-corrected chi connectivity index (χ1v) is 6.95. The van der Waals surface area contributed by atoms with Gasteiger partial charge in [0.1, 0.15) is 0 Å². The molecular weight excluding hydrogens is 200 g/mol. The zero-order valence-corrected chi connectivity index (χ0v) is 10.3. The quantitative estimate of drug-likeness (QED) is 0.638. The fourth-order valence-electron chi connectivity index (χ4n) is 2.92.